The fraction of sp³-hybridized carbons (Fsp3) is 0.357. The molecule has 1 fully saturated rings. The Bertz CT molecular complexity index is 715. The lowest BCUT2D eigenvalue weighted by Crippen LogP contribution is -2.21. The van der Waals surface area contributed by atoms with Gasteiger partial charge in [-0.1, -0.05) is 34.2 Å². The minimum atomic E-state index is -0.366. The number of carbonyl (C=O) groups excluding carboxylic acids is 2. The van der Waals surface area contributed by atoms with E-state index in [1.807, 2.05) is 25.1 Å². The molecule has 1 aromatic carbocycles. The van der Waals surface area contributed by atoms with Crippen molar-refractivity contribution >= 4 is 54.5 Å². The zero-order valence-electron chi connectivity index (χ0n) is 11.3. The summed E-state index contributed by atoms with van der Waals surface area (Å²) in [5.74, 6) is -0.304. The maximum atomic E-state index is 11.8. The number of amides is 1. The van der Waals surface area contributed by atoms with Gasteiger partial charge in [0.25, 0.3) is 5.91 Å². The molecule has 2 atom stereocenters. The van der Waals surface area contributed by atoms with Crippen molar-refractivity contribution in [2.45, 2.75) is 13.3 Å². The smallest absolute Gasteiger partial charge is 0.309 e. The molecule has 0 spiro atoms. The summed E-state index contributed by atoms with van der Waals surface area (Å²) in [6.07, 6.45) is 0.854. The van der Waals surface area contributed by atoms with Crippen molar-refractivity contribution in [3.63, 3.8) is 0 Å². The third kappa shape index (κ3) is 3.41. The van der Waals surface area contributed by atoms with E-state index in [9.17, 15) is 9.59 Å². The summed E-state index contributed by atoms with van der Waals surface area (Å²) in [4.78, 5) is 27.6. The summed E-state index contributed by atoms with van der Waals surface area (Å²) >= 11 is 4.77. The molecule has 1 amide bonds. The molecule has 1 N–H and O–H groups in total. The molecule has 0 aliphatic heterocycles. The number of hydrogen-bond donors (Lipinski definition) is 1. The molecule has 0 bridgehead atoms. The number of ether oxygens (including phenoxy) is 1. The Kier molecular flexibility index (Phi) is 3.95. The summed E-state index contributed by atoms with van der Waals surface area (Å²) in [5, 5.41) is 3.16. The van der Waals surface area contributed by atoms with Crippen LogP contribution in [0.4, 0.5) is 5.13 Å². The molecule has 1 aliphatic carbocycles. The van der Waals surface area contributed by atoms with Gasteiger partial charge in [0, 0.05) is 4.47 Å². The highest BCUT2D eigenvalue weighted by atomic mass is 79.9. The number of benzene rings is 1. The molecular weight excluding hydrogens is 356 g/mol. The van der Waals surface area contributed by atoms with E-state index < -0.39 is 0 Å². The second-order valence-electron chi connectivity index (χ2n) is 5.11. The number of rotatable bonds is 4. The van der Waals surface area contributed by atoms with Crippen LogP contribution in [0.1, 0.15) is 13.3 Å². The molecule has 21 heavy (non-hydrogen) atoms. The molecule has 1 aromatic heterocycles. The molecular formula is C14H13BrN2O3S. The number of aromatic nitrogens is 1. The molecule has 110 valence electrons. The number of halogens is 1. The van der Waals surface area contributed by atoms with Crippen LogP contribution in [0.25, 0.3) is 10.2 Å². The predicted molar refractivity (Wildman–Crippen MR) is 84.2 cm³/mol. The first kappa shape index (κ1) is 14.5. The van der Waals surface area contributed by atoms with E-state index in [0.29, 0.717) is 11.0 Å². The summed E-state index contributed by atoms with van der Waals surface area (Å²) in [6.45, 7) is 1.73. The largest absolute Gasteiger partial charge is 0.455 e. The number of nitrogens with one attached hydrogen (secondary N) is 1. The van der Waals surface area contributed by atoms with Crippen molar-refractivity contribution < 1.29 is 14.3 Å². The number of esters is 1. The van der Waals surface area contributed by atoms with Gasteiger partial charge in [0.2, 0.25) is 0 Å². The lowest BCUT2D eigenvalue weighted by Gasteiger charge is -2.03. The number of nitrogens with zero attached hydrogens (tertiary/aromatic N) is 1. The first-order valence-electron chi connectivity index (χ1n) is 6.55. The number of carbonyl (C=O) groups is 2. The average Bonchev–Trinajstić information content (AvgIpc) is 3.03. The average molecular weight is 369 g/mol. The fourth-order valence-electron chi connectivity index (χ4n) is 2.00. The van der Waals surface area contributed by atoms with Gasteiger partial charge in [-0.25, -0.2) is 4.98 Å². The van der Waals surface area contributed by atoms with Gasteiger partial charge in [-0.3, -0.25) is 14.9 Å². The van der Waals surface area contributed by atoms with Crippen LogP contribution in [-0.2, 0) is 14.3 Å². The minimum Gasteiger partial charge on any atom is -0.455 e. The Labute approximate surface area is 133 Å². The highest BCUT2D eigenvalue weighted by molar-refractivity contribution is 9.10. The lowest BCUT2D eigenvalue weighted by atomic mass is 10.3. The number of thiazole rings is 1. The Balaban J connectivity index is 1.57. The predicted octanol–water partition coefficient (Wildman–Crippen LogP) is 3.20. The van der Waals surface area contributed by atoms with Crippen LogP contribution in [0.2, 0.25) is 0 Å². The summed E-state index contributed by atoms with van der Waals surface area (Å²) in [5.41, 5.74) is 0.822. The van der Waals surface area contributed by atoms with E-state index in [4.69, 9.17) is 4.74 Å². The first-order chi connectivity index (χ1) is 10.0. The van der Waals surface area contributed by atoms with Gasteiger partial charge in [0.05, 0.1) is 16.1 Å². The van der Waals surface area contributed by atoms with Crippen LogP contribution in [0.5, 0.6) is 0 Å². The molecule has 0 saturated heterocycles. The number of anilines is 1. The van der Waals surface area contributed by atoms with E-state index >= 15 is 0 Å². The lowest BCUT2D eigenvalue weighted by molar-refractivity contribution is -0.148. The molecule has 2 aromatic rings. The number of fused-ring (bicyclic) bond motifs is 1. The monoisotopic (exact) mass is 368 g/mol. The molecule has 5 nitrogen and oxygen atoms in total. The van der Waals surface area contributed by atoms with Crippen LogP contribution in [0, 0.1) is 11.8 Å². The van der Waals surface area contributed by atoms with Gasteiger partial charge in [0.1, 0.15) is 0 Å². The molecule has 1 aliphatic rings. The Morgan fingerprint density at radius 3 is 3.00 bits per heavy atom. The van der Waals surface area contributed by atoms with Gasteiger partial charge in [-0.15, -0.1) is 0 Å². The molecule has 0 unspecified atom stereocenters. The van der Waals surface area contributed by atoms with Gasteiger partial charge in [0.15, 0.2) is 11.7 Å². The third-order valence-corrected chi connectivity index (χ3v) is 4.78. The number of hydrogen-bond acceptors (Lipinski definition) is 5. The van der Waals surface area contributed by atoms with Crippen molar-refractivity contribution in [2.24, 2.45) is 11.8 Å². The van der Waals surface area contributed by atoms with E-state index in [-0.39, 0.29) is 24.4 Å². The fourth-order valence-corrected chi connectivity index (χ4v) is 3.44. The van der Waals surface area contributed by atoms with E-state index in [1.165, 1.54) is 11.3 Å². The zero-order chi connectivity index (χ0) is 15.0. The van der Waals surface area contributed by atoms with Crippen molar-refractivity contribution in [1.29, 1.82) is 0 Å². The quantitative estimate of drug-likeness (QED) is 0.841. The molecule has 0 radical (unpaired) electrons. The summed E-state index contributed by atoms with van der Waals surface area (Å²) < 4.78 is 6.92. The SMILES string of the molecule is C[C@H]1C[C@H]1C(=O)OCC(=O)Nc1nc2ccc(Br)cc2s1. The molecule has 1 heterocycles. The Hall–Kier alpha value is -1.47. The Morgan fingerprint density at radius 1 is 1.52 bits per heavy atom. The highest BCUT2D eigenvalue weighted by Gasteiger charge is 2.40. The molecule has 1 saturated carbocycles. The maximum Gasteiger partial charge on any atom is 0.309 e. The second kappa shape index (κ2) is 5.73. The second-order valence-corrected chi connectivity index (χ2v) is 7.05. The van der Waals surface area contributed by atoms with E-state index in [2.05, 4.69) is 26.2 Å². The summed E-state index contributed by atoms with van der Waals surface area (Å²) in [7, 11) is 0. The Morgan fingerprint density at radius 2 is 2.29 bits per heavy atom. The standard InChI is InChI=1S/C14H13BrN2O3S/c1-7-4-9(7)13(19)20-6-12(18)17-14-16-10-3-2-8(15)5-11(10)21-14/h2-3,5,7,9H,4,6H2,1H3,(H,16,17,18)/t7-,9+/m0/s1. The topological polar surface area (TPSA) is 68.3 Å². The van der Waals surface area contributed by atoms with Gasteiger partial charge < -0.3 is 4.74 Å². The highest BCUT2D eigenvalue weighted by Crippen LogP contribution is 2.38. The van der Waals surface area contributed by atoms with Crippen LogP contribution in [-0.4, -0.2) is 23.5 Å². The molecule has 7 heteroatoms. The normalized spacial score (nSPS) is 20.3. The maximum absolute atomic E-state index is 11.8. The van der Waals surface area contributed by atoms with Gasteiger partial charge in [-0.05, 0) is 30.5 Å². The third-order valence-electron chi connectivity index (χ3n) is 3.35. The van der Waals surface area contributed by atoms with Crippen molar-refractivity contribution in [2.75, 3.05) is 11.9 Å². The molecule has 3 rings (SSSR count). The minimum absolute atomic E-state index is 0.0300. The van der Waals surface area contributed by atoms with Crippen LogP contribution < -0.4 is 5.32 Å². The van der Waals surface area contributed by atoms with Crippen LogP contribution >= 0.6 is 27.3 Å². The van der Waals surface area contributed by atoms with Crippen molar-refractivity contribution in [3.05, 3.63) is 22.7 Å². The zero-order valence-corrected chi connectivity index (χ0v) is 13.7. The van der Waals surface area contributed by atoms with Gasteiger partial charge in [-0.2, -0.15) is 0 Å². The van der Waals surface area contributed by atoms with Crippen LogP contribution in [0.3, 0.4) is 0 Å². The van der Waals surface area contributed by atoms with Gasteiger partial charge >= 0.3 is 5.97 Å². The van der Waals surface area contributed by atoms with E-state index in [1.54, 1.807) is 0 Å². The van der Waals surface area contributed by atoms with Crippen LogP contribution in [0.15, 0.2) is 22.7 Å². The van der Waals surface area contributed by atoms with Crippen molar-refractivity contribution in [1.82, 2.24) is 4.98 Å². The summed E-state index contributed by atoms with van der Waals surface area (Å²) in [6, 6.07) is 5.71. The van der Waals surface area contributed by atoms with Crippen molar-refractivity contribution in [3.8, 4) is 0 Å². The van der Waals surface area contributed by atoms with E-state index in [0.717, 1.165) is 21.1 Å². The first-order valence-corrected chi connectivity index (χ1v) is 8.16.